The first-order chi connectivity index (χ1) is 13.2. The Kier molecular flexibility index (Phi) is 4.34. The number of rotatable bonds is 4. The third kappa shape index (κ3) is 3.27. The van der Waals surface area contributed by atoms with Gasteiger partial charge in [-0.1, -0.05) is 42.5 Å². The van der Waals surface area contributed by atoms with Gasteiger partial charge in [-0.05, 0) is 41.5 Å². The predicted octanol–water partition coefficient (Wildman–Crippen LogP) is 4.47. The van der Waals surface area contributed by atoms with Crippen molar-refractivity contribution in [1.29, 1.82) is 0 Å². The Balaban J connectivity index is 1.60. The molecule has 0 radical (unpaired) electrons. The molecule has 0 fully saturated rings. The lowest BCUT2D eigenvalue weighted by Crippen LogP contribution is -2.09. The molecule has 5 heteroatoms. The lowest BCUT2D eigenvalue weighted by atomic mass is 10.0. The first-order valence-electron chi connectivity index (χ1n) is 8.54. The van der Waals surface area contributed by atoms with Gasteiger partial charge in [0.1, 0.15) is 5.75 Å². The molecule has 4 aromatic rings. The first-order valence-corrected chi connectivity index (χ1v) is 8.54. The van der Waals surface area contributed by atoms with Crippen molar-refractivity contribution in [3.63, 3.8) is 0 Å². The minimum atomic E-state index is -0.447. The van der Waals surface area contributed by atoms with E-state index in [0.29, 0.717) is 11.3 Å². The van der Waals surface area contributed by atoms with E-state index < -0.39 is 5.97 Å². The fourth-order valence-electron chi connectivity index (χ4n) is 2.99. The summed E-state index contributed by atoms with van der Waals surface area (Å²) in [5.41, 5.74) is 3.47. The van der Waals surface area contributed by atoms with Gasteiger partial charge in [-0.3, -0.25) is 4.68 Å². The Morgan fingerprint density at radius 3 is 2.33 bits per heavy atom. The standard InChI is InChI=1S/C22H18N2O3/c1-24-20-13-12-18(26-2)14-19(20)21(23-24)27-22(25)17-10-8-16(9-11-17)15-6-4-3-5-7-15/h3-14H,1-2H3. The van der Waals surface area contributed by atoms with Crippen molar-refractivity contribution in [2.24, 2.45) is 7.05 Å². The molecule has 0 saturated carbocycles. The van der Waals surface area contributed by atoms with Crippen LogP contribution in [0.3, 0.4) is 0 Å². The minimum absolute atomic E-state index is 0.267. The van der Waals surface area contributed by atoms with Crippen molar-refractivity contribution in [2.45, 2.75) is 0 Å². The van der Waals surface area contributed by atoms with Crippen LogP contribution >= 0.6 is 0 Å². The maximum atomic E-state index is 12.6. The Bertz CT molecular complexity index is 1100. The third-order valence-corrected chi connectivity index (χ3v) is 4.44. The van der Waals surface area contributed by atoms with E-state index >= 15 is 0 Å². The van der Waals surface area contributed by atoms with E-state index in [-0.39, 0.29) is 5.88 Å². The molecule has 5 nitrogen and oxygen atoms in total. The zero-order valence-electron chi connectivity index (χ0n) is 15.0. The molecule has 3 aromatic carbocycles. The quantitative estimate of drug-likeness (QED) is 0.505. The maximum Gasteiger partial charge on any atom is 0.344 e. The van der Waals surface area contributed by atoms with E-state index in [1.54, 1.807) is 31.0 Å². The van der Waals surface area contributed by atoms with Gasteiger partial charge in [0, 0.05) is 7.05 Å². The van der Waals surface area contributed by atoms with Crippen molar-refractivity contribution in [2.75, 3.05) is 7.11 Å². The summed E-state index contributed by atoms with van der Waals surface area (Å²) in [5.74, 6) is 0.501. The molecule has 0 aliphatic carbocycles. The topological polar surface area (TPSA) is 53.4 Å². The molecule has 0 saturated heterocycles. The van der Waals surface area contributed by atoms with Crippen molar-refractivity contribution in [3.8, 4) is 22.8 Å². The van der Waals surface area contributed by atoms with Gasteiger partial charge in [-0.25, -0.2) is 4.79 Å². The van der Waals surface area contributed by atoms with E-state index in [1.807, 2.05) is 60.7 Å². The van der Waals surface area contributed by atoms with Crippen LogP contribution in [-0.4, -0.2) is 22.9 Å². The van der Waals surface area contributed by atoms with Crippen LogP contribution < -0.4 is 9.47 Å². The number of fused-ring (bicyclic) bond motifs is 1. The maximum absolute atomic E-state index is 12.6. The average Bonchev–Trinajstić information content (AvgIpc) is 3.03. The number of benzene rings is 3. The summed E-state index contributed by atoms with van der Waals surface area (Å²) in [4.78, 5) is 12.6. The molecular weight excluding hydrogens is 340 g/mol. The number of nitrogens with zero attached hydrogens (tertiary/aromatic N) is 2. The number of carbonyl (C=O) groups is 1. The highest BCUT2D eigenvalue weighted by molar-refractivity contribution is 5.94. The molecule has 1 aromatic heterocycles. The molecule has 134 valence electrons. The molecule has 0 unspecified atom stereocenters. The van der Waals surface area contributed by atoms with Gasteiger partial charge in [0.15, 0.2) is 0 Å². The van der Waals surface area contributed by atoms with Gasteiger partial charge in [-0.2, -0.15) is 0 Å². The number of hydrogen-bond donors (Lipinski definition) is 0. The van der Waals surface area contributed by atoms with Gasteiger partial charge in [0.25, 0.3) is 0 Å². The normalized spacial score (nSPS) is 10.7. The van der Waals surface area contributed by atoms with Crippen LogP contribution in [0.4, 0.5) is 0 Å². The lowest BCUT2D eigenvalue weighted by molar-refractivity contribution is 0.0728. The number of aryl methyl sites for hydroxylation is 1. The van der Waals surface area contributed by atoms with Crippen LogP contribution in [0, 0.1) is 0 Å². The van der Waals surface area contributed by atoms with Gasteiger partial charge < -0.3 is 9.47 Å². The molecule has 0 amide bonds. The van der Waals surface area contributed by atoms with Gasteiger partial charge in [0.2, 0.25) is 5.88 Å². The zero-order valence-corrected chi connectivity index (χ0v) is 15.0. The molecule has 0 aliphatic rings. The van der Waals surface area contributed by atoms with Crippen LogP contribution in [0.15, 0.2) is 72.8 Å². The second-order valence-corrected chi connectivity index (χ2v) is 6.14. The SMILES string of the molecule is COc1ccc2c(c1)c(OC(=O)c1ccc(-c3ccccc3)cc1)nn2C. The largest absolute Gasteiger partial charge is 0.497 e. The lowest BCUT2D eigenvalue weighted by Gasteiger charge is -2.05. The molecule has 1 heterocycles. The van der Waals surface area contributed by atoms with Crippen molar-refractivity contribution in [1.82, 2.24) is 9.78 Å². The fourth-order valence-corrected chi connectivity index (χ4v) is 2.99. The van der Waals surface area contributed by atoms with Crippen molar-refractivity contribution < 1.29 is 14.3 Å². The van der Waals surface area contributed by atoms with Crippen LogP contribution in [-0.2, 0) is 7.05 Å². The molecule has 0 spiro atoms. The number of hydrogen-bond acceptors (Lipinski definition) is 4. The second kappa shape index (κ2) is 6.96. The summed E-state index contributed by atoms with van der Waals surface area (Å²) in [6.07, 6.45) is 0. The Morgan fingerprint density at radius 1 is 0.926 bits per heavy atom. The second-order valence-electron chi connectivity index (χ2n) is 6.14. The number of methoxy groups -OCH3 is 1. The summed E-state index contributed by atoms with van der Waals surface area (Å²) < 4.78 is 12.5. The summed E-state index contributed by atoms with van der Waals surface area (Å²) in [6.45, 7) is 0. The average molecular weight is 358 g/mol. The highest BCUT2D eigenvalue weighted by atomic mass is 16.5. The Morgan fingerprint density at radius 2 is 1.63 bits per heavy atom. The summed E-state index contributed by atoms with van der Waals surface area (Å²) >= 11 is 0. The summed E-state index contributed by atoms with van der Waals surface area (Å²) in [6, 6.07) is 22.9. The summed E-state index contributed by atoms with van der Waals surface area (Å²) in [5, 5.41) is 5.04. The van der Waals surface area contributed by atoms with Gasteiger partial charge in [0.05, 0.1) is 23.6 Å². The molecule has 4 rings (SSSR count). The molecular formula is C22H18N2O3. The monoisotopic (exact) mass is 358 g/mol. The number of aromatic nitrogens is 2. The van der Waals surface area contributed by atoms with Crippen molar-refractivity contribution in [3.05, 3.63) is 78.4 Å². The molecule has 0 aliphatic heterocycles. The highest BCUT2D eigenvalue weighted by Gasteiger charge is 2.16. The molecule has 0 bridgehead atoms. The fraction of sp³-hybridized carbons (Fsp3) is 0.0909. The molecule has 0 atom stereocenters. The summed E-state index contributed by atoms with van der Waals surface area (Å²) in [7, 11) is 3.40. The van der Waals surface area contributed by atoms with Crippen LogP contribution in [0.1, 0.15) is 10.4 Å². The van der Waals surface area contributed by atoms with E-state index in [1.165, 1.54) is 0 Å². The number of esters is 1. The molecule has 27 heavy (non-hydrogen) atoms. The third-order valence-electron chi connectivity index (χ3n) is 4.44. The number of carbonyl (C=O) groups excluding carboxylic acids is 1. The van der Waals surface area contributed by atoms with E-state index in [0.717, 1.165) is 22.0 Å². The molecule has 0 N–H and O–H groups in total. The van der Waals surface area contributed by atoms with Gasteiger partial charge in [-0.15, -0.1) is 5.10 Å². The first kappa shape index (κ1) is 16.8. The van der Waals surface area contributed by atoms with Crippen molar-refractivity contribution >= 4 is 16.9 Å². The van der Waals surface area contributed by atoms with Crippen LogP contribution in [0.2, 0.25) is 0 Å². The zero-order chi connectivity index (χ0) is 18.8. The van der Waals surface area contributed by atoms with E-state index in [4.69, 9.17) is 9.47 Å². The predicted molar refractivity (Wildman–Crippen MR) is 104 cm³/mol. The smallest absolute Gasteiger partial charge is 0.344 e. The van der Waals surface area contributed by atoms with Crippen LogP contribution in [0.25, 0.3) is 22.0 Å². The Labute approximate surface area is 156 Å². The van der Waals surface area contributed by atoms with E-state index in [2.05, 4.69) is 5.10 Å². The Hall–Kier alpha value is -3.60. The van der Waals surface area contributed by atoms with Gasteiger partial charge >= 0.3 is 5.97 Å². The highest BCUT2D eigenvalue weighted by Crippen LogP contribution is 2.29. The minimum Gasteiger partial charge on any atom is -0.497 e. The number of ether oxygens (including phenoxy) is 2. The van der Waals surface area contributed by atoms with Crippen LogP contribution in [0.5, 0.6) is 11.6 Å². The van der Waals surface area contributed by atoms with E-state index in [9.17, 15) is 4.79 Å².